The van der Waals surface area contributed by atoms with Gasteiger partial charge in [-0.3, -0.25) is 0 Å². The first-order valence-electron chi connectivity index (χ1n) is 5.83. The maximum absolute atomic E-state index is 8.76. The molecular weight excluding hydrogens is 196 g/mol. The summed E-state index contributed by atoms with van der Waals surface area (Å²) in [6.07, 6.45) is 3.07. The lowest BCUT2D eigenvalue weighted by Gasteiger charge is -2.15. The Balaban J connectivity index is 2.00. The molecule has 1 aliphatic rings. The van der Waals surface area contributed by atoms with Crippen LogP contribution in [0.25, 0.3) is 0 Å². The second kappa shape index (κ2) is 4.17. The van der Waals surface area contributed by atoms with Crippen LogP contribution in [-0.2, 0) is 0 Å². The fraction of sp³-hybridized carbons (Fsp3) is 0.500. The van der Waals surface area contributed by atoms with Gasteiger partial charge in [-0.15, -0.1) is 0 Å². The Morgan fingerprint density at radius 1 is 1.38 bits per heavy atom. The van der Waals surface area contributed by atoms with E-state index in [4.69, 9.17) is 5.26 Å². The fourth-order valence-electron chi connectivity index (χ4n) is 1.97. The summed E-state index contributed by atoms with van der Waals surface area (Å²) in [6.45, 7) is 5.16. The minimum atomic E-state index is 0.269. The molecule has 2 heteroatoms. The van der Waals surface area contributed by atoms with Crippen molar-refractivity contribution in [2.24, 2.45) is 5.41 Å². The maximum Gasteiger partial charge on any atom is 0.0628 e. The molecule has 0 aromatic heterocycles. The third kappa shape index (κ3) is 2.36. The summed E-state index contributed by atoms with van der Waals surface area (Å²) in [4.78, 5) is 0. The quantitative estimate of drug-likeness (QED) is 0.833. The van der Waals surface area contributed by atoms with E-state index < -0.39 is 0 Å². The predicted octanol–water partition coefficient (Wildman–Crippen LogP) is 3.41. The number of nitrogens with zero attached hydrogens (tertiary/aromatic N) is 1. The van der Waals surface area contributed by atoms with Crippen LogP contribution in [0, 0.1) is 30.6 Å². The molecule has 1 aromatic rings. The van der Waals surface area contributed by atoms with E-state index in [-0.39, 0.29) is 5.41 Å². The van der Waals surface area contributed by atoms with Gasteiger partial charge in [0, 0.05) is 24.1 Å². The number of rotatable bonds is 4. The Morgan fingerprint density at radius 2 is 2.12 bits per heavy atom. The van der Waals surface area contributed by atoms with E-state index in [1.165, 1.54) is 29.7 Å². The van der Waals surface area contributed by atoms with E-state index in [1.54, 1.807) is 0 Å². The molecule has 1 aromatic carbocycles. The summed E-state index contributed by atoms with van der Waals surface area (Å²) in [5.41, 5.74) is 4.03. The fourth-order valence-corrected chi connectivity index (χ4v) is 1.97. The average molecular weight is 214 g/mol. The van der Waals surface area contributed by atoms with Crippen LogP contribution < -0.4 is 5.32 Å². The number of aryl methyl sites for hydroxylation is 2. The van der Waals surface area contributed by atoms with E-state index in [2.05, 4.69) is 43.4 Å². The smallest absolute Gasteiger partial charge is 0.0628 e. The van der Waals surface area contributed by atoms with Gasteiger partial charge < -0.3 is 5.32 Å². The molecule has 0 unspecified atom stereocenters. The molecule has 1 N–H and O–H groups in total. The average Bonchev–Trinajstić information content (AvgIpc) is 3.01. The highest BCUT2D eigenvalue weighted by Crippen LogP contribution is 2.48. The molecule has 1 fully saturated rings. The molecule has 0 aliphatic heterocycles. The Morgan fingerprint density at radius 3 is 2.75 bits per heavy atom. The molecule has 2 rings (SSSR count). The van der Waals surface area contributed by atoms with Crippen molar-refractivity contribution in [1.82, 2.24) is 0 Å². The molecule has 0 heterocycles. The monoisotopic (exact) mass is 214 g/mol. The maximum atomic E-state index is 8.76. The first-order chi connectivity index (χ1) is 7.65. The summed E-state index contributed by atoms with van der Waals surface area (Å²) in [5.74, 6) is 0. The van der Waals surface area contributed by atoms with E-state index in [1.807, 2.05) is 0 Å². The lowest BCUT2D eigenvalue weighted by atomic mass is 10.0. The van der Waals surface area contributed by atoms with Gasteiger partial charge in [0.25, 0.3) is 0 Å². The Hall–Kier alpha value is -1.49. The highest BCUT2D eigenvalue weighted by molar-refractivity contribution is 5.52. The molecule has 0 saturated heterocycles. The van der Waals surface area contributed by atoms with Crippen LogP contribution in [0.5, 0.6) is 0 Å². The molecule has 0 amide bonds. The van der Waals surface area contributed by atoms with E-state index >= 15 is 0 Å². The van der Waals surface area contributed by atoms with Crippen molar-refractivity contribution in [3.8, 4) is 6.07 Å². The van der Waals surface area contributed by atoms with Crippen LogP contribution in [0.1, 0.15) is 30.4 Å². The Labute approximate surface area is 97.3 Å². The van der Waals surface area contributed by atoms with E-state index in [0.29, 0.717) is 6.42 Å². The van der Waals surface area contributed by atoms with Crippen molar-refractivity contribution in [2.45, 2.75) is 33.1 Å². The topological polar surface area (TPSA) is 35.8 Å². The summed E-state index contributed by atoms with van der Waals surface area (Å²) < 4.78 is 0. The zero-order chi connectivity index (χ0) is 11.6. The molecule has 0 radical (unpaired) electrons. The second-order valence-electron chi connectivity index (χ2n) is 5.01. The molecular formula is C14H18N2. The first kappa shape index (κ1) is 11.0. The van der Waals surface area contributed by atoms with Gasteiger partial charge in [-0.05, 0) is 43.9 Å². The summed E-state index contributed by atoms with van der Waals surface area (Å²) >= 11 is 0. The van der Waals surface area contributed by atoms with Crippen molar-refractivity contribution < 1.29 is 0 Å². The number of hydrogen-bond acceptors (Lipinski definition) is 2. The van der Waals surface area contributed by atoms with Crippen molar-refractivity contribution in [3.63, 3.8) is 0 Å². The van der Waals surface area contributed by atoms with Crippen LogP contribution >= 0.6 is 0 Å². The number of benzene rings is 1. The third-order valence-corrected chi connectivity index (χ3v) is 3.46. The molecule has 84 valence electrons. The van der Waals surface area contributed by atoms with E-state index in [0.717, 1.165) is 6.54 Å². The second-order valence-corrected chi connectivity index (χ2v) is 5.01. The minimum Gasteiger partial charge on any atom is -0.384 e. The molecule has 1 saturated carbocycles. The number of nitrogens with one attached hydrogen (secondary N) is 1. The van der Waals surface area contributed by atoms with Crippen LogP contribution in [0.3, 0.4) is 0 Å². The van der Waals surface area contributed by atoms with Crippen molar-refractivity contribution >= 4 is 5.69 Å². The van der Waals surface area contributed by atoms with Gasteiger partial charge >= 0.3 is 0 Å². The number of nitriles is 1. The van der Waals surface area contributed by atoms with Gasteiger partial charge in [-0.25, -0.2) is 0 Å². The van der Waals surface area contributed by atoms with Crippen LogP contribution in [0.2, 0.25) is 0 Å². The number of hydrogen-bond donors (Lipinski definition) is 1. The summed E-state index contributed by atoms with van der Waals surface area (Å²) in [5, 5.41) is 12.3. The highest BCUT2D eigenvalue weighted by atomic mass is 14.9. The van der Waals surface area contributed by atoms with Crippen LogP contribution in [0.15, 0.2) is 18.2 Å². The zero-order valence-corrected chi connectivity index (χ0v) is 10.0. The van der Waals surface area contributed by atoms with Gasteiger partial charge in [0.1, 0.15) is 0 Å². The van der Waals surface area contributed by atoms with Crippen molar-refractivity contribution in [2.75, 3.05) is 11.9 Å². The lowest BCUT2D eigenvalue weighted by Crippen LogP contribution is -2.15. The molecule has 0 atom stereocenters. The van der Waals surface area contributed by atoms with Crippen LogP contribution in [0.4, 0.5) is 5.69 Å². The molecule has 16 heavy (non-hydrogen) atoms. The SMILES string of the molecule is Cc1ccc(C)c(NCC2(CC#N)CC2)c1. The number of anilines is 1. The summed E-state index contributed by atoms with van der Waals surface area (Å²) in [7, 11) is 0. The van der Waals surface area contributed by atoms with Gasteiger partial charge in [0.15, 0.2) is 0 Å². The standard InChI is InChI=1S/C14H18N2/c1-11-3-4-12(2)13(9-11)16-10-14(5-6-14)7-8-15/h3-4,9,16H,5-7,10H2,1-2H3. The van der Waals surface area contributed by atoms with Gasteiger partial charge in [-0.1, -0.05) is 12.1 Å². The van der Waals surface area contributed by atoms with E-state index in [9.17, 15) is 0 Å². The van der Waals surface area contributed by atoms with Gasteiger partial charge in [0.05, 0.1) is 6.07 Å². The largest absolute Gasteiger partial charge is 0.384 e. The minimum absolute atomic E-state index is 0.269. The van der Waals surface area contributed by atoms with Crippen LogP contribution in [-0.4, -0.2) is 6.54 Å². The van der Waals surface area contributed by atoms with Crippen molar-refractivity contribution in [1.29, 1.82) is 5.26 Å². The zero-order valence-electron chi connectivity index (χ0n) is 10.0. The molecule has 2 nitrogen and oxygen atoms in total. The predicted molar refractivity (Wildman–Crippen MR) is 66.3 cm³/mol. The Kier molecular flexibility index (Phi) is 2.87. The Bertz CT molecular complexity index is 425. The third-order valence-electron chi connectivity index (χ3n) is 3.46. The first-order valence-corrected chi connectivity index (χ1v) is 5.83. The van der Waals surface area contributed by atoms with Gasteiger partial charge in [-0.2, -0.15) is 5.26 Å². The summed E-state index contributed by atoms with van der Waals surface area (Å²) in [6, 6.07) is 8.74. The normalized spacial score (nSPS) is 16.6. The molecule has 0 spiro atoms. The lowest BCUT2D eigenvalue weighted by molar-refractivity contribution is 0.557. The van der Waals surface area contributed by atoms with Crippen molar-refractivity contribution in [3.05, 3.63) is 29.3 Å². The molecule has 1 aliphatic carbocycles. The van der Waals surface area contributed by atoms with Gasteiger partial charge in [0.2, 0.25) is 0 Å². The highest BCUT2D eigenvalue weighted by Gasteiger charge is 2.42. The molecule has 0 bridgehead atoms.